The second-order valence-corrected chi connectivity index (χ2v) is 5.14. The molecule has 0 saturated carbocycles. The molecule has 2 aromatic rings. The zero-order valence-electron chi connectivity index (χ0n) is 12.2. The van der Waals surface area contributed by atoms with E-state index in [4.69, 9.17) is 9.15 Å². The first-order valence-electron chi connectivity index (χ1n) is 7.05. The number of rotatable bonds is 3. The minimum absolute atomic E-state index is 0.0734. The molecule has 0 bridgehead atoms. The number of benzene rings is 1. The number of aromatic nitrogens is 2. The molecule has 0 N–H and O–H groups in total. The van der Waals surface area contributed by atoms with Crippen molar-refractivity contribution < 1.29 is 18.3 Å². The lowest BCUT2D eigenvalue weighted by Crippen LogP contribution is -2.44. The normalized spacial score (nSPS) is 18.5. The summed E-state index contributed by atoms with van der Waals surface area (Å²) < 4.78 is 23.8. The van der Waals surface area contributed by atoms with E-state index in [0.29, 0.717) is 31.5 Å². The van der Waals surface area contributed by atoms with Crippen LogP contribution >= 0.6 is 0 Å². The van der Waals surface area contributed by atoms with Crippen LogP contribution in [0, 0.1) is 12.7 Å². The Morgan fingerprint density at radius 1 is 1.36 bits per heavy atom. The SMILES string of the molecule is Cc1nnc([C@@H]2COCCN2C(=O)Cc2ccc(F)cc2)o1. The number of halogens is 1. The van der Waals surface area contributed by atoms with Crippen molar-refractivity contribution in [3.63, 3.8) is 0 Å². The molecule has 2 heterocycles. The quantitative estimate of drug-likeness (QED) is 0.862. The number of hydrogen-bond acceptors (Lipinski definition) is 5. The zero-order chi connectivity index (χ0) is 15.5. The molecule has 0 spiro atoms. The summed E-state index contributed by atoms with van der Waals surface area (Å²) in [5.41, 5.74) is 0.762. The first-order valence-corrected chi connectivity index (χ1v) is 7.05. The van der Waals surface area contributed by atoms with Crippen molar-refractivity contribution in [1.82, 2.24) is 15.1 Å². The van der Waals surface area contributed by atoms with Crippen LogP contribution in [0.5, 0.6) is 0 Å². The third-order valence-corrected chi connectivity index (χ3v) is 3.54. The minimum atomic E-state index is -0.372. The number of amides is 1. The van der Waals surface area contributed by atoms with Crippen LogP contribution in [0.3, 0.4) is 0 Å². The van der Waals surface area contributed by atoms with Gasteiger partial charge in [-0.1, -0.05) is 12.1 Å². The Hall–Kier alpha value is -2.28. The third kappa shape index (κ3) is 3.14. The van der Waals surface area contributed by atoms with Crippen molar-refractivity contribution in [2.24, 2.45) is 0 Å². The van der Waals surface area contributed by atoms with E-state index in [2.05, 4.69) is 10.2 Å². The van der Waals surface area contributed by atoms with Crippen molar-refractivity contribution in [3.05, 3.63) is 47.4 Å². The molecule has 1 aromatic heterocycles. The smallest absolute Gasteiger partial charge is 0.241 e. The van der Waals surface area contributed by atoms with Gasteiger partial charge in [-0.05, 0) is 17.7 Å². The Kier molecular flexibility index (Phi) is 4.15. The molecule has 0 radical (unpaired) electrons. The molecule has 1 atom stereocenters. The number of morpholine rings is 1. The molecule has 0 aliphatic carbocycles. The van der Waals surface area contributed by atoms with E-state index in [1.807, 2.05) is 0 Å². The lowest BCUT2D eigenvalue weighted by molar-refractivity contribution is -0.140. The van der Waals surface area contributed by atoms with Gasteiger partial charge in [-0.15, -0.1) is 10.2 Å². The summed E-state index contributed by atoms with van der Waals surface area (Å²) in [6.07, 6.45) is 0.198. The lowest BCUT2D eigenvalue weighted by Gasteiger charge is -2.33. The Labute approximate surface area is 126 Å². The first-order chi connectivity index (χ1) is 10.6. The number of carbonyl (C=O) groups is 1. The Bertz CT molecular complexity index is 656. The second-order valence-electron chi connectivity index (χ2n) is 5.14. The number of nitrogens with zero attached hydrogens (tertiary/aromatic N) is 3. The largest absolute Gasteiger partial charge is 0.423 e. The molecule has 116 valence electrons. The van der Waals surface area contributed by atoms with Crippen LogP contribution in [-0.2, 0) is 16.0 Å². The predicted molar refractivity (Wildman–Crippen MR) is 74.4 cm³/mol. The summed E-state index contributed by atoms with van der Waals surface area (Å²) in [6, 6.07) is 5.54. The van der Waals surface area contributed by atoms with Gasteiger partial charge in [0.25, 0.3) is 0 Å². The summed E-state index contributed by atoms with van der Waals surface area (Å²) in [4.78, 5) is 14.2. The van der Waals surface area contributed by atoms with E-state index < -0.39 is 0 Å². The average molecular weight is 305 g/mol. The van der Waals surface area contributed by atoms with Crippen molar-refractivity contribution in [3.8, 4) is 0 Å². The fourth-order valence-electron chi connectivity index (χ4n) is 2.43. The molecule has 7 heteroatoms. The van der Waals surface area contributed by atoms with E-state index in [-0.39, 0.29) is 24.2 Å². The average Bonchev–Trinajstić information content (AvgIpc) is 2.96. The summed E-state index contributed by atoms with van der Waals surface area (Å²) in [6.45, 7) is 2.96. The highest BCUT2D eigenvalue weighted by atomic mass is 19.1. The van der Waals surface area contributed by atoms with E-state index >= 15 is 0 Å². The highest BCUT2D eigenvalue weighted by Crippen LogP contribution is 2.24. The van der Waals surface area contributed by atoms with Gasteiger partial charge in [-0.3, -0.25) is 4.79 Å². The monoisotopic (exact) mass is 305 g/mol. The third-order valence-electron chi connectivity index (χ3n) is 3.54. The topological polar surface area (TPSA) is 68.5 Å². The summed E-state index contributed by atoms with van der Waals surface area (Å²) in [5, 5.41) is 7.78. The highest BCUT2D eigenvalue weighted by Gasteiger charge is 2.32. The summed E-state index contributed by atoms with van der Waals surface area (Å²) in [7, 11) is 0. The predicted octanol–water partition coefficient (Wildman–Crippen LogP) is 1.66. The van der Waals surface area contributed by atoms with Gasteiger partial charge in [-0.25, -0.2) is 4.39 Å². The molecule has 1 aliphatic heterocycles. The molecule has 0 unspecified atom stereocenters. The van der Waals surface area contributed by atoms with E-state index in [0.717, 1.165) is 5.56 Å². The van der Waals surface area contributed by atoms with Crippen LogP contribution in [0.4, 0.5) is 4.39 Å². The highest BCUT2D eigenvalue weighted by molar-refractivity contribution is 5.79. The van der Waals surface area contributed by atoms with Crippen LogP contribution in [0.1, 0.15) is 23.4 Å². The Morgan fingerprint density at radius 2 is 2.14 bits per heavy atom. The molecule has 3 rings (SSSR count). The van der Waals surface area contributed by atoms with Crippen LogP contribution < -0.4 is 0 Å². The van der Waals surface area contributed by atoms with Gasteiger partial charge >= 0.3 is 0 Å². The van der Waals surface area contributed by atoms with Gasteiger partial charge in [0, 0.05) is 13.5 Å². The standard InChI is InChI=1S/C15H16FN3O3/c1-10-17-18-15(22-10)13-9-21-7-6-19(13)14(20)8-11-2-4-12(16)5-3-11/h2-5,13H,6-9H2,1H3/t13-/m0/s1. The fourth-order valence-corrected chi connectivity index (χ4v) is 2.43. The van der Waals surface area contributed by atoms with Crippen LogP contribution in [0.2, 0.25) is 0 Å². The Balaban J connectivity index is 1.75. The van der Waals surface area contributed by atoms with Crippen molar-refractivity contribution in [2.75, 3.05) is 19.8 Å². The number of carbonyl (C=O) groups excluding carboxylic acids is 1. The molecule has 1 amide bonds. The van der Waals surface area contributed by atoms with Crippen LogP contribution in [0.15, 0.2) is 28.7 Å². The number of aryl methyl sites for hydroxylation is 1. The lowest BCUT2D eigenvalue weighted by atomic mass is 10.1. The van der Waals surface area contributed by atoms with Gasteiger partial charge < -0.3 is 14.1 Å². The van der Waals surface area contributed by atoms with Gasteiger partial charge in [0.1, 0.15) is 11.9 Å². The van der Waals surface area contributed by atoms with Crippen molar-refractivity contribution >= 4 is 5.91 Å². The molecule has 1 aromatic carbocycles. The van der Waals surface area contributed by atoms with Gasteiger partial charge in [0.15, 0.2) is 0 Å². The molecular weight excluding hydrogens is 289 g/mol. The zero-order valence-corrected chi connectivity index (χ0v) is 12.2. The summed E-state index contributed by atoms with van der Waals surface area (Å²) in [5.74, 6) is 0.439. The maximum absolute atomic E-state index is 12.9. The molecule has 1 aliphatic rings. The maximum Gasteiger partial charge on any atom is 0.241 e. The van der Waals surface area contributed by atoms with E-state index in [1.165, 1.54) is 12.1 Å². The van der Waals surface area contributed by atoms with Crippen LogP contribution in [-0.4, -0.2) is 40.8 Å². The van der Waals surface area contributed by atoms with E-state index in [9.17, 15) is 9.18 Å². The number of hydrogen-bond donors (Lipinski definition) is 0. The molecular formula is C15H16FN3O3. The second kappa shape index (κ2) is 6.23. The Morgan fingerprint density at radius 3 is 2.82 bits per heavy atom. The van der Waals surface area contributed by atoms with Gasteiger partial charge in [-0.2, -0.15) is 0 Å². The van der Waals surface area contributed by atoms with Crippen molar-refractivity contribution in [2.45, 2.75) is 19.4 Å². The fraction of sp³-hybridized carbons (Fsp3) is 0.400. The van der Waals surface area contributed by atoms with E-state index in [1.54, 1.807) is 24.0 Å². The number of ether oxygens (including phenoxy) is 1. The van der Waals surface area contributed by atoms with Crippen molar-refractivity contribution in [1.29, 1.82) is 0 Å². The van der Waals surface area contributed by atoms with Gasteiger partial charge in [0.2, 0.25) is 17.7 Å². The molecule has 1 fully saturated rings. The van der Waals surface area contributed by atoms with Gasteiger partial charge in [0.05, 0.1) is 19.6 Å². The maximum atomic E-state index is 12.9. The molecule has 6 nitrogen and oxygen atoms in total. The minimum Gasteiger partial charge on any atom is -0.423 e. The molecule has 22 heavy (non-hydrogen) atoms. The van der Waals surface area contributed by atoms with Crippen LogP contribution in [0.25, 0.3) is 0 Å². The first kappa shape index (κ1) is 14.6. The molecule has 1 saturated heterocycles. The summed E-state index contributed by atoms with van der Waals surface area (Å²) >= 11 is 0.